The highest BCUT2D eigenvalue weighted by atomic mass is 19.1. The van der Waals surface area contributed by atoms with Crippen molar-refractivity contribution in [1.82, 2.24) is 9.55 Å². The van der Waals surface area contributed by atoms with Gasteiger partial charge in [0.2, 0.25) is 0 Å². The third-order valence-electron chi connectivity index (χ3n) is 4.27. The van der Waals surface area contributed by atoms with Crippen LogP contribution in [0.2, 0.25) is 0 Å². The van der Waals surface area contributed by atoms with E-state index in [1.165, 1.54) is 54.8 Å². The first-order valence-electron chi connectivity index (χ1n) is 7.46. The fourth-order valence-electron chi connectivity index (χ4n) is 3.19. The average molecular weight is 290 g/mol. The molecule has 0 aliphatic heterocycles. The van der Waals surface area contributed by atoms with Crippen LogP contribution in [0.25, 0.3) is 10.9 Å². The Morgan fingerprint density at radius 1 is 1.38 bits per heavy atom. The molecule has 1 atom stereocenters. The molecular formula is C16H19FN2O2. The predicted octanol–water partition coefficient (Wildman–Crippen LogP) is 2.48. The van der Waals surface area contributed by atoms with E-state index < -0.39 is 11.9 Å². The molecule has 1 saturated carbocycles. The molecule has 1 N–H and O–H groups in total. The summed E-state index contributed by atoms with van der Waals surface area (Å²) < 4.78 is 14.5. The summed E-state index contributed by atoms with van der Waals surface area (Å²) in [5.41, 5.74) is 0.118. The molecule has 5 heteroatoms. The predicted molar refractivity (Wildman–Crippen MR) is 78.5 cm³/mol. The van der Waals surface area contributed by atoms with E-state index in [2.05, 4.69) is 4.98 Å². The third-order valence-corrected chi connectivity index (χ3v) is 4.27. The summed E-state index contributed by atoms with van der Waals surface area (Å²) >= 11 is 0. The van der Waals surface area contributed by atoms with Crippen LogP contribution in [-0.2, 0) is 6.54 Å². The van der Waals surface area contributed by atoms with E-state index in [0.717, 1.165) is 6.42 Å². The molecular weight excluding hydrogens is 271 g/mol. The number of aromatic nitrogens is 2. The quantitative estimate of drug-likeness (QED) is 0.941. The Kier molecular flexibility index (Phi) is 4.01. The molecule has 112 valence electrons. The van der Waals surface area contributed by atoms with Crippen LogP contribution in [0.1, 0.15) is 32.1 Å². The minimum Gasteiger partial charge on any atom is -0.391 e. The molecule has 1 aromatic carbocycles. The van der Waals surface area contributed by atoms with Gasteiger partial charge < -0.3 is 5.11 Å². The fourth-order valence-corrected chi connectivity index (χ4v) is 3.19. The molecule has 21 heavy (non-hydrogen) atoms. The molecule has 4 nitrogen and oxygen atoms in total. The van der Waals surface area contributed by atoms with E-state index in [9.17, 15) is 14.3 Å². The smallest absolute Gasteiger partial charge is 0.261 e. The second kappa shape index (κ2) is 5.93. The van der Waals surface area contributed by atoms with Crippen molar-refractivity contribution in [3.63, 3.8) is 0 Å². The van der Waals surface area contributed by atoms with E-state index in [4.69, 9.17) is 0 Å². The average Bonchev–Trinajstić information content (AvgIpc) is 2.94. The first-order chi connectivity index (χ1) is 10.1. The van der Waals surface area contributed by atoms with Crippen LogP contribution in [0, 0.1) is 11.7 Å². The molecule has 2 aromatic rings. The lowest BCUT2D eigenvalue weighted by Crippen LogP contribution is -2.28. The van der Waals surface area contributed by atoms with Gasteiger partial charge in [0.05, 0.1) is 29.9 Å². The van der Waals surface area contributed by atoms with Gasteiger partial charge in [0, 0.05) is 6.07 Å². The second-order valence-electron chi connectivity index (χ2n) is 5.90. The number of benzene rings is 1. The molecule has 1 heterocycles. The highest BCUT2D eigenvalue weighted by Crippen LogP contribution is 2.28. The highest BCUT2D eigenvalue weighted by Gasteiger charge is 2.19. The molecule has 1 aromatic heterocycles. The van der Waals surface area contributed by atoms with Crippen molar-refractivity contribution in [2.24, 2.45) is 5.92 Å². The molecule has 0 amide bonds. The van der Waals surface area contributed by atoms with E-state index in [0.29, 0.717) is 16.8 Å². The van der Waals surface area contributed by atoms with Crippen molar-refractivity contribution in [2.75, 3.05) is 0 Å². The lowest BCUT2D eigenvalue weighted by atomic mass is 10.00. The monoisotopic (exact) mass is 290 g/mol. The molecule has 1 fully saturated rings. The highest BCUT2D eigenvalue weighted by molar-refractivity contribution is 5.77. The maximum Gasteiger partial charge on any atom is 0.261 e. The van der Waals surface area contributed by atoms with Gasteiger partial charge in [-0.1, -0.05) is 25.7 Å². The van der Waals surface area contributed by atoms with E-state index in [1.54, 1.807) is 0 Å². The number of rotatable bonds is 4. The molecule has 3 rings (SSSR count). The third kappa shape index (κ3) is 3.13. The number of aliphatic hydroxyl groups excluding tert-OH is 1. The summed E-state index contributed by atoms with van der Waals surface area (Å²) in [6.45, 7) is 0.246. The van der Waals surface area contributed by atoms with Crippen molar-refractivity contribution < 1.29 is 9.50 Å². The normalized spacial score (nSPS) is 17.4. The van der Waals surface area contributed by atoms with Gasteiger partial charge in [-0.05, 0) is 24.5 Å². The summed E-state index contributed by atoms with van der Waals surface area (Å²) in [7, 11) is 0. The van der Waals surface area contributed by atoms with Crippen LogP contribution in [0.5, 0.6) is 0 Å². The van der Waals surface area contributed by atoms with E-state index in [-0.39, 0.29) is 12.1 Å². The molecule has 1 aliphatic rings. The Hall–Kier alpha value is -1.75. The van der Waals surface area contributed by atoms with Crippen LogP contribution < -0.4 is 5.56 Å². The molecule has 0 radical (unpaired) electrons. The van der Waals surface area contributed by atoms with Crippen LogP contribution in [0.4, 0.5) is 4.39 Å². The number of hydrogen-bond acceptors (Lipinski definition) is 3. The Morgan fingerprint density at radius 2 is 2.14 bits per heavy atom. The SMILES string of the molecule is O=c1c2ccc(F)cc2ncn1C[C@H](O)CC1CCCC1. The van der Waals surface area contributed by atoms with Crippen molar-refractivity contribution >= 4 is 10.9 Å². The Labute approximate surface area is 122 Å². The maximum absolute atomic E-state index is 13.1. The Bertz CT molecular complexity index is 692. The van der Waals surface area contributed by atoms with Gasteiger partial charge in [-0.15, -0.1) is 0 Å². The summed E-state index contributed by atoms with van der Waals surface area (Å²) in [5, 5.41) is 10.5. The van der Waals surface area contributed by atoms with Crippen molar-refractivity contribution in [3.05, 3.63) is 40.7 Å². The molecule has 0 bridgehead atoms. The number of fused-ring (bicyclic) bond motifs is 1. The maximum atomic E-state index is 13.1. The number of nitrogens with zero attached hydrogens (tertiary/aromatic N) is 2. The van der Waals surface area contributed by atoms with Gasteiger partial charge in [0.15, 0.2) is 0 Å². The van der Waals surface area contributed by atoms with Crippen molar-refractivity contribution in [1.29, 1.82) is 0 Å². The van der Waals surface area contributed by atoms with Crippen molar-refractivity contribution in [3.8, 4) is 0 Å². The van der Waals surface area contributed by atoms with Gasteiger partial charge >= 0.3 is 0 Å². The minimum atomic E-state index is -0.537. The zero-order valence-corrected chi connectivity index (χ0v) is 11.8. The second-order valence-corrected chi connectivity index (χ2v) is 5.90. The van der Waals surface area contributed by atoms with E-state index in [1.807, 2.05) is 0 Å². The molecule has 0 spiro atoms. The minimum absolute atomic E-state index is 0.231. The molecule has 0 saturated heterocycles. The van der Waals surface area contributed by atoms with Gasteiger partial charge in [-0.2, -0.15) is 0 Å². The van der Waals surface area contributed by atoms with Gasteiger partial charge in [0.1, 0.15) is 5.82 Å². The number of halogens is 1. The zero-order valence-electron chi connectivity index (χ0n) is 11.8. The first-order valence-corrected chi connectivity index (χ1v) is 7.46. The Balaban J connectivity index is 1.78. The van der Waals surface area contributed by atoms with Gasteiger partial charge in [-0.25, -0.2) is 9.37 Å². The largest absolute Gasteiger partial charge is 0.391 e. The van der Waals surface area contributed by atoms with Crippen LogP contribution in [0.3, 0.4) is 0 Å². The van der Waals surface area contributed by atoms with E-state index >= 15 is 0 Å². The Morgan fingerprint density at radius 3 is 2.90 bits per heavy atom. The van der Waals surface area contributed by atoms with Crippen molar-refractivity contribution in [2.45, 2.75) is 44.8 Å². The first kappa shape index (κ1) is 14.2. The summed E-state index contributed by atoms with van der Waals surface area (Å²) in [5.74, 6) is 0.159. The molecule has 0 unspecified atom stereocenters. The lowest BCUT2D eigenvalue weighted by Gasteiger charge is -2.16. The van der Waals surface area contributed by atoms with Crippen LogP contribution >= 0.6 is 0 Å². The summed E-state index contributed by atoms with van der Waals surface area (Å²) in [4.78, 5) is 16.4. The number of hydrogen-bond donors (Lipinski definition) is 1. The lowest BCUT2D eigenvalue weighted by molar-refractivity contribution is 0.123. The topological polar surface area (TPSA) is 55.1 Å². The van der Waals surface area contributed by atoms with Gasteiger partial charge in [-0.3, -0.25) is 9.36 Å². The summed E-state index contributed by atoms with van der Waals surface area (Å²) in [6.07, 6.45) is 6.39. The van der Waals surface area contributed by atoms with Gasteiger partial charge in [0.25, 0.3) is 5.56 Å². The standard InChI is InChI=1S/C16H19FN2O2/c17-12-5-6-14-15(8-12)18-10-19(16(14)21)9-13(20)7-11-3-1-2-4-11/h5-6,8,10-11,13,20H,1-4,7,9H2/t13-/m1/s1. The fraction of sp³-hybridized carbons (Fsp3) is 0.500. The summed E-state index contributed by atoms with van der Waals surface area (Å²) in [6, 6.07) is 3.95. The van der Waals surface area contributed by atoms with Crippen LogP contribution in [-0.4, -0.2) is 20.8 Å². The van der Waals surface area contributed by atoms with Crippen LogP contribution in [0.15, 0.2) is 29.3 Å². The number of aliphatic hydroxyl groups is 1. The zero-order chi connectivity index (χ0) is 14.8. The molecule has 1 aliphatic carbocycles.